The number of aromatic nitrogens is 1. The summed E-state index contributed by atoms with van der Waals surface area (Å²) in [6.45, 7) is 0. The molecule has 106 valence electrons. The SMILES string of the molecule is NNC(c1ccc(Br)cc1F)c1cncc2ccccc12. The summed E-state index contributed by atoms with van der Waals surface area (Å²) >= 11 is 3.26. The molecule has 2 aromatic carbocycles. The van der Waals surface area contributed by atoms with Crippen molar-refractivity contribution in [3.05, 3.63) is 76.3 Å². The molecule has 0 saturated carbocycles. The zero-order chi connectivity index (χ0) is 14.8. The number of pyridine rings is 1. The molecule has 5 heteroatoms. The Bertz CT molecular complexity index is 786. The number of nitrogens with two attached hydrogens (primary N) is 1. The summed E-state index contributed by atoms with van der Waals surface area (Å²) in [7, 11) is 0. The first-order valence-electron chi connectivity index (χ1n) is 6.44. The van der Waals surface area contributed by atoms with Crippen molar-refractivity contribution in [1.82, 2.24) is 10.4 Å². The number of halogens is 2. The Kier molecular flexibility index (Phi) is 3.96. The number of hydrazine groups is 1. The smallest absolute Gasteiger partial charge is 0.129 e. The third-order valence-corrected chi connectivity index (χ3v) is 3.94. The van der Waals surface area contributed by atoms with Gasteiger partial charge in [0.25, 0.3) is 0 Å². The van der Waals surface area contributed by atoms with Crippen LogP contribution in [0, 0.1) is 5.82 Å². The molecule has 3 aromatic rings. The van der Waals surface area contributed by atoms with Crippen molar-refractivity contribution in [2.75, 3.05) is 0 Å². The molecule has 3 N–H and O–H groups in total. The molecule has 21 heavy (non-hydrogen) atoms. The lowest BCUT2D eigenvalue weighted by Crippen LogP contribution is -2.29. The van der Waals surface area contributed by atoms with Gasteiger partial charge in [-0.2, -0.15) is 0 Å². The highest BCUT2D eigenvalue weighted by Crippen LogP contribution is 2.30. The van der Waals surface area contributed by atoms with Crippen molar-refractivity contribution < 1.29 is 4.39 Å². The summed E-state index contributed by atoms with van der Waals surface area (Å²) in [5.74, 6) is 5.36. The van der Waals surface area contributed by atoms with Crippen molar-refractivity contribution in [2.24, 2.45) is 5.84 Å². The van der Waals surface area contributed by atoms with Gasteiger partial charge < -0.3 is 0 Å². The lowest BCUT2D eigenvalue weighted by molar-refractivity contribution is 0.560. The number of nitrogens with zero attached hydrogens (tertiary/aromatic N) is 1. The molecule has 1 unspecified atom stereocenters. The van der Waals surface area contributed by atoms with Crippen LogP contribution in [-0.2, 0) is 0 Å². The number of hydrogen-bond acceptors (Lipinski definition) is 3. The van der Waals surface area contributed by atoms with Gasteiger partial charge in [-0.05, 0) is 17.5 Å². The van der Waals surface area contributed by atoms with Crippen LogP contribution in [0.4, 0.5) is 4.39 Å². The summed E-state index contributed by atoms with van der Waals surface area (Å²) in [5.41, 5.74) is 4.02. The van der Waals surface area contributed by atoms with E-state index in [1.807, 2.05) is 24.3 Å². The number of hydrogen-bond donors (Lipinski definition) is 2. The highest BCUT2D eigenvalue weighted by Gasteiger charge is 2.19. The molecule has 0 radical (unpaired) electrons. The van der Waals surface area contributed by atoms with Gasteiger partial charge in [-0.15, -0.1) is 0 Å². The van der Waals surface area contributed by atoms with E-state index in [1.165, 1.54) is 6.07 Å². The van der Waals surface area contributed by atoms with Crippen molar-refractivity contribution in [3.63, 3.8) is 0 Å². The summed E-state index contributed by atoms with van der Waals surface area (Å²) < 4.78 is 14.9. The molecule has 0 fully saturated rings. The molecule has 0 saturated heterocycles. The molecular weight excluding hydrogens is 333 g/mol. The molecule has 0 spiro atoms. The van der Waals surface area contributed by atoms with E-state index in [2.05, 4.69) is 26.3 Å². The predicted molar refractivity (Wildman–Crippen MR) is 85.0 cm³/mol. The second-order valence-corrected chi connectivity index (χ2v) is 5.63. The molecule has 3 nitrogen and oxygen atoms in total. The number of fused-ring (bicyclic) bond motifs is 1. The highest BCUT2D eigenvalue weighted by atomic mass is 79.9. The van der Waals surface area contributed by atoms with Crippen LogP contribution in [-0.4, -0.2) is 4.98 Å². The average molecular weight is 346 g/mol. The fourth-order valence-electron chi connectivity index (χ4n) is 2.45. The van der Waals surface area contributed by atoms with E-state index in [0.717, 1.165) is 16.3 Å². The first-order chi connectivity index (χ1) is 10.2. The van der Waals surface area contributed by atoms with Gasteiger partial charge in [0.05, 0.1) is 6.04 Å². The minimum absolute atomic E-state index is 0.319. The molecule has 0 aliphatic rings. The number of nitrogens with one attached hydrogen (secondary N) is 1. The Balaban J connectivity index is 2.18. The van der Waals surface area contributed by atoms with Gasteiger partial charge in [0, 0.05) is 33.4 Å². The van der Waals surface area contributed by atoms with Crippen LogP contribution >= 0.6 is 15.9 Å². The minimum atomic E-state index is -0.461. The number of rotatable bonds is 3. The van der Waals surface area contributed by atoms with Gasteiger partial charge in [-0.25, -0.2) is 9.82 Å². The Hall–Kier alpha value is -1.82. The standard InChI is InChI=1S/C16H13BrFN3/c17-11-5-6-13(15(18)7-11)16(21-19)14-9-20-8-10-3-1-2-4-12(10)14/h1-9,16,21H,19H2. The normalized spacial score (nSPS) is 12.5. The lowest BCUT2D eigenvalue weighted by atomic mass is 9.96. The molecule has 0 amide bonds. The van der Waals surface area contributed by atoms with Crippen LogP contribution in [0.2, 0.25) is 0 Å². The van der Waals surface area contributed by atoms with Gasteiger partial charge in [0.15, 0.2) is 0 Å². The highest BCUT2D eigenvalue weighted by molar-refractivity contribution is 9.10. The van der Waals surface area contributed by atoms with Crippen LogP contribution in [0.5, 0.6) is 0 Å². The van der Waals surface area contributed by atoms with Crippen LogP contribution in [0.1, 0.15) is 17.2 Å². The molecule has 1 aromatic heterocycles. The Morgan fingerprint density at radius 3 is 2.67 bits per heavy atom. The zero-order valence-electron chi connectivity index (χ0n) is 11.1. The van der Waals surface area contributed by atoms with Crippen LogP contribution in [0.25, 0.3) is 10.8 Å². The van der Waals surface area contributed by atoms with Gasteiger partial charge in [0.1, 0.15) is 5.82 Å². The van der Waals surface area contributed by atoms with Gasteiger partial charge in [-0.1, -0.05) is 46.3 Å². The largest absolute Gasteiger partial charge is 0.271 e. The van der Waals surface area contributed by atoms with Crippen LogP contribution in [0.3, 0.4) is 0 Å². The van der Waals surface area contributed by atoms with Crippen molar-refractivity contribution in [3.8, 4) is 0 Å². The van der Waals surface area contributed by atoms with Gasteiger partial charge in [0.2, 0.25) is 0 Å². The summed E-state index contributed by atoms with van der Waals surface area (Å²) in [6, 6.07) is 12.3. The van der Waals surface area contributed by atoms with E-state index in [9.17, 15) is 4.39 Å². The molecular formula is C16H13BrFN3. The lowest BCUT2D eigenvalue weighted by Gasteiger charge is -2.19. The maximum atomic E-state index is 14.2. The van der Waals surface area contributed by atoms with Gasteiger partial charge in [-0.3, -0.25) is 10.8 Å². The second-order valence-electron chi connectivity index (χ2n) is 4.72. The summed E-state index contributed by atoms with van der Waals surface area (Å²) in [5, 5.41) is 1.99. The molecule has 0 bridgehead atoms. The van der Waals surface area contributed by atoms with Crippen molar-refractivity contribution in [2.45, 2.75) is 6.04 Å². The fraction of sp³-hybridized carbons (Fsp3) is 0.0625. The quantitative estimate of drug-likeness (QED) is 0.562. The van der Waals surface area contributed by atoms with Crippen molar-refractivity contribution >= 4 is 26.7 Å². The molecule has 3 rings (SSSR count). The van der Waals surface area contributed by atoms with Crippen LogP contribution in [0.15, 0.2) is 59.3 Å². The van der Waals surface area contributed by atoms with Crippen LogP contribution < -0.4 is 11.3 Å². The Morgan fingerprint density at radius 2 is 1.90 bits per heavy atom. The number of benzene rings is 2. The third-order valence-electron chi connectivity index (χ3n) is 3.45. The minimum Gasteiger partial charge on any atom is -0.271 e. The third kappa shape index (κ3) is 2.68. The average Bonchev–Trinajstić information content (AvgIpc) is 2.50. The fourth-order valence-corrected chi connectivity index (χ4v) is 2.79. The summed E-state index contributed by atoms with van der Waals surface area (Å²) in [6.07, 6.45) is 3.50. The molecule has 0 aliphatic heterocycles. The first-order valence-corrected chi connectivity index (χ1v) is 7.23. The molecule has 1 heterocycles. The van der Waals surface area contributed by atoms with E-state index in [0.29, 0.717) is 10.0 Å². The Morgan fingerprint density at radius 1 is 1.10 bits per heavy atom. The van der Waals surface area contributed by atoms with Crippen molar-refractivity contribution in [1.29, 1.82) is 0 Å². The summed E-state index contributed by atoms with van der Waals surface area (Å²) in [4.78, 5) is 4.23. The maximum Gasteiger partial charge on any atom is 0.129 e. The van der Waals surface area contributed by atoms with E-state index in [1.54, 1.807) is 24.5 Å². The topological polar surface area (TPSA) is 50.9 Å². The Labute approximate surface area is 130 Å². The molecule has 0 aliphatic carbocycles. The monoisotopic (exact) mass is 345 g/mol. The first kappa shape index (κ1) is 14.1. The van der Waals surface area contributed by atoms with E-state index < -0.39 is 6.04 Å². The van der Waals surface area contributed by atoms with Gasteiger partial charge >= 0.3 is 0 Å². The maximum absolute atomic E-state index is 14.2. The van der Waals surface area contributed by atoms with E-state index in [-0.39, 0.29) is 5.82 Å². The second kappa shape index (κ2) is 5.89. The van der Waals surface area contributed by atoms with E-state index in [4.69, 9.17) is 5.84 Å². The molecule has 1 atom stereocenters. The van der Waals surface area contributed by atoms with E-state index >= 15 is 0 Å². The zero-order valence-corrected chi connectivity index (χ0v) is 12.6. The predicted octanol–water partition coefficient (Wildman–Crippen LogP) is 3.69.